The molecule has 1 saturated heterocycles. The van der Waals surface area contributed by atoms with E-state index in [-0.39, 0.29) is 6.10 Å². The monoisotopic (exact) mass is 354 g/mol. The topological polar surface area (TPSA) is 54.8 Å². The normalized spacial score (nSPS) is 27.9. The fourth-order valence-corrected chi connectivity index (χ4v) is 4.41. The summed E-state index contributed by atoms with van der Waals surface area (Å²) in [7, 11) is 1.64. The van der Waals surface area contributed by atoms with Gasteiger partial charge in [-0.3, -0.25) is 4.98 Å². The summed E-state index contributed by atoms with van der Waals surface area (Å²) in [5, 5.41) is 10.7. The lowest BCUT2D eigenvalue weighted by molar-refractivity contribution is -0.0240. The molecule has 5 heteroatoms. The maximum Gasteiger partial charge on any atom is 0.161 e. The lowest BCUT2D eigenvalue weighted by atomic mass is 9.78. The summed E-state index contributed by atoms with van der Waals surface area (Å²) in [4.78, 5) is 6.63. The molecule has 1 aliphatic heterocycles. The van der Waals surface area contributed by atoms with Crippen molar-refractivity contribution in [1.29, 1.82) is 0 Å². The summed E-state index contributed by atoms with van der Waals surface area (Å²) >= 11 is 0. The van der Waals surface area contributed by atoms with Crippen molar-refractivity contribution in [1.82, 2.24) is 4.98 Å². The predicted octanol–water partition coefficient (Wildman–Crippen LogP) is 3.05. The third-order valence-electron chi connectivity index (χ3n) is 5.76. The van der Waals surface area contributed by atoms with Gasteiger partial charge < -0.3 is 19.5 Å². The number of nitrogens with zero attached hydrogens (tertiary/aromatic N) is 2. The van der Waals surface area contributed by atoms with Crippen LogP contribution in [0.3, 0.4) is 0 Å². The number of benzene rings is 1. The summed E-state index contributed by atoms with van der Waals surface area (Å²) in [5.41, 5.74) is 2.46. The van der Waals surface area contributed by atoms with Gasteiger partial charge in [0.15, 0.2) is 11.5 Å². The highest BCUT2D eigenvalue weighted by molar-refractivity contribution is 5.52. The number of pyridine rings is 1. The Morgan fingerprint density at radius 1 is 1.08 bits per heavy atom. The fourth-order valence-electron chi connectivity index (χ4n) is 4.41. The first-order valence-electron chi connectivity index (χ1n) is 9.29. The van der Waals surface area contributed by atoms with Crippen LogP contribution in [0.1, 0.15) is 18.4 Å². The van der Waals surface area contributed by atoms with Gasteiger partial charge in [0, 0.05) is 31.2 Å². The van der Waals surface area contributed by atoms with Crippen LogP contribution < -0.4 is 14.4 Å². The zero-order valence-electron chi connectivity index (χ0n) is 15.3. The third kappa shape index (κ3) is 3.23. The van der Waals surface area contributed by atoms with Gasteiger partial charge in [-0.1, -0.05) is 12.1 Å². The Labute approximate surface area is 154 Å². The summed E-state index contributed by atoms with van der Waals surface area (Å²) < 4.78 is 11.5. The van der Waals surface area contributed by atoms with Crippen LogP contribution >= 0.6 is 0 Å². The summed E-state index contributed by atoms with van der Waals surface area (Å²) in [6, 6.07) is 9.73. The number of para-hydroxylation sites is 2. The van der Waals surface area contributed by atoms with Gasteiger partial charge in [0.05, 0.1) is 13.2 Å². The SMILES string of the molecule is COc1ccccc1O[C@@H]1C[C@@H]2CN(c3ccncc3C)C[C@@H]2C[C@H]1O. The van der Waals surface area contributed by atoms with Crippen molar-refractivity contribution in [3.8, 4) is 11.5 Å². The van der Waals surface area contributed by atoms with E-state index >= 15 is 0 Å². The van der Waals surface area contributed by atoms with E-state index < -0.39 is 6.10 Å². The molecule has 2 aromatic rings. The van der Waals surface area contributed by atoms with E-state index in [9.17, 15) is 5.11 Å². The van der Waals surface area contributed by atoms with Crippen molar-refractivity contribution < 1.29 is 14.6 Å². The maximum absolute atomic E-state index is 10.7. The van der Waals surface area contributed by atoms with Crippen molar-refractivity contribution in [3.05, 3.63) is 48.3 Å². The van der Waals surface area contributed by atoms with Crippen molar-refractivity contribution in [2.75, 3.05) is 25.1 Å². The summed E-state index contributed by atoms with van der Waals surface area (Å²) in [6.45, 7) is 4.11. The molecular weight excluding hydrogens is 328 g/mol. The molecule has 0 unspecified atom stereocenters. The van der Waals surface area contributed by atoms with Crippen LogP contribution in [0.4, 0.5) is 5.69 Å². The minimum atomic E-state index is -0.445. The van der Waals surface area contributed by atoms with E-state index in [0.717, 1.165) is 25.9 Å². The highest BCUT2D eigenvalue weighted by Crippen LogP contribution is 2.41. The number of hydrogen-bond acceptors (Lipinski definition) is 5. The number of rotatable bonds is 4. The molecule has 0 radical (unpaired) electrons. The van der Waals surface area contributed by atoms with E-state index in [1.54, 1.807) is 7.11 Å². The Bertz CT molecular complexity index is 766. The first-order valence-corrected chi connectivity index (χ1v) is 9.29. The molecule has 1 aromatic carbocycles. The number of ether oxygens (including phenoxy) is 2. The molecule has 1 aliphatic carbocycles. The quantitative estimate of drug-likeness (QED) is 0.915. The highest BCUT2D eigenvalue weighted by Gasteiger charge is 2.43. The molecule has 1 aromatic heterocycles. The van der Waals surface area contributed by atoms with Crippen LogP contribution in [-0.2, 0) is 0 Å². The Morgan fingerprint density at radius 3 is 2.54 bits per heavy atom. The van der Waals surface area contributed by atoms with Crippen LogP contribution in [0, 0.1) is 18.8 Å². The van der Waals surface area contributed by atoms with E-state index in [1.165, 1.54) is 11.3 Å². The number of aromatic nitrogens is 1. The molecule has 4 rings (SSSR count). The molecule has 2 fully saturated rings. The number of anilines is 1. The van der Waals surface area contributed by atoms with Gasteiger partial charge in [-0.25, -0.2) is 0 Å². The van der Waals surface area contributed by atoms with E-state index in [2.05, 4.69) is 22.9 Å². The van der Waals surface area contributed by atoms with Crippen LogP contribution in [0.25, 0.3) is 0 Å². The number of aryl methyl sites for hydroxylation is 1. The maximum atomic E-state index is 10.7. The Balaban J connectivity index is 1.47. The Kier molecular flexibility index (Phi) is 4.72. The zero-order chi connectivity index (χ0) is 18.1. The molecule has 1 saturated carbocycles. The van der Waals surface area contributed by atoms with Crippen molar-refractivity contribution >= 4 is 5.69 Å². The number of fused-ring (bicyclic) bond motifs is 1. The molecule has 0 bridgehead atoms. The largest absolute Gasteiger partial charge is 0.493 e. The van der Waals surface area contributed by atoms with E-state index in [1.807, 2.05) is 36.7 Å². The minimum absolute atomic E-state index is 0.189. The van der Waals surface area contributed by atoms with Crippen LogP contribution in [0.15, 0.2) is 42.7 Å². The Hall–Kier alpha value is -2.27. The van der Waals surface area contributed by atoms with Gasteiger partial charge in [0.1, 0.15) is 6.10 Å². The van der Waals surface area contributed by atoms with Crippen molar-refractivity contribution in [2.45, 2.75) is 32.0 Å². The second kappa shape index (κ2) is 7.16. The van der Waals surface area contributed by atoms with E-state index in [4.69, 9.17) is 9.47 Å². The van der Waals surface area contributed by atoms with Gasteiger partial charge in [-0.05, 0) is 55.4 Å². The molecule has 0 spiro atoms. The molecule has 5 nitrogen and oxygen atoms in total. The number of aliphatic hydroxyl groups is 1. The molecule has 0 amide bonds. The standard InChI is InChI=1S/C21H26N2O3/c1-14-11-22-8-7-17(14)23-12-15-9-18(24)21(10-16(15)13-23)26-20-6-4-3-5-19(20)25-2/h3-8,11,15-16,18,21,24H,9-10,12-13H2,1-2H3/t15-,16+,18+,21+/m0/s1. The average molecular weight is 354 g/mol. The molecule has 26 heavy (non-hydrogen) atoms. The zero-order valence-corrected chi connectivity index (χ0v) is 15.3. The second-order valence-electron chi connectivity index (χ2n) is 7.43. The van der Waals surface area contributed by atoms with Gasteiger partial charge in [-0.15, -0.1) is 0 Å². The molecule has 2 heterocycles. The van der Waals surface area contributed by atoms with Gasteiger partial charge in [-0.2, -0.15) is 0 Å². The van der Waals surface area contributed by atoms with Crippen molar-refractivity contribution in [3.63, 3.8) is 0 Å². The number of aliphatic hydroxyl groups excluding tert-OH is 1. The Morgan fingerprint density at radius 2 is 1.81 bits per heavy atom. The van der Waals surface area contributed by atoms with E-state index in [0.29, 0.717) is 23.3 Å². The number of hydrogen-bond donors (Lipinski definition) is 1. The molecule has 1 N–H and O–H groups in total. The van der Waals surface area contributed by atoms with Gasteiger partial charge in [0.25, 0.3) is 0 Å². The van der Waals surface area contributed by atoms with Crippen molar-refractivity contribution in [2.24, 2.45) is 11.8 Å². The fraction of sp³-hybridized carbons (Fsp3) is 0.476. The van der Waals surface area contributed by atoms with Crippen LogP contribution in [0.2, 0.25) is 0 Å². The van der Waals surface area contributed by atoms with Crippen LogP contribution in [-0.4, -0.2) is 42.5 Å². The lowest BCUT2D eigenvalue weighted by Gasteiger charge is -2.35. The minimum Gasteiger partial charge on any atom is -0.493 e. The smallest absolute Gasteiger partial charge is 0.161 e. The highest BCUT2D eigenvalue weighted by atomic mass is 16.5. The van der Waals surface area contributed by atoms with Gasteiger partial charge in [0.2, 0.25) is 0 Å². The second-order valence-corrected chi connectivity index (χ2v) is 7.43. The molecule has 2 aliphatic rings. The first-order chi connectivity index (χ1) is 12.7. The summed E-state index contributed by atoms with van der Waals surface area (Å²) in [5.74, 6) is 2.46. The first kappa shape index (κ1) is 17.2. The lowest BCUT2D eigenvalue weighted by Crippen LogP contribution is -2.42. The molecule has 4 atom stereocenters. The molecule has 138 valence electrons. The summed E-state index contributed by atoms with van der Waals surface area (Å²) in [6.07, 6.45) is 4.79. The number of methoxy groups -OCH3 is 1. The third-order valence-corrected chi connectivity index (χ3v) is 5.76. The predicted molar refractivity (Wildman–Crippen MR) is 101 cm³/mol. The average Bonchev–Trinajstić information content (AvgIpc) is 3.05. The molecular formula is C21H26N2O3. The van der Waals surface area contributed by atoms with Gasteiger partial charge >= 0.3 is 0 Å². The van der Waals surface area contributed by atoms with Crippen LogP contribution in [0.5, 0.6) is 11.5 Å².